The first-order valence-electron chi connectivity index (χ1n) is 17.6. The second kappa shape index (κ2) is 12.4. The normalized spacial score (nSPS) is 11.5. The van der Waals surface area contributed by atoms with Crippen molar-refractivity contribution < 1.29 is 4.42 Å². The van der Waals surface area contributed by atoms with Crippen LogP contribution in [-0.4, -0.2) is 4.98 Å². The van der Waals surface area contributed by atoms with E-state index >= 15 is 0 Å². The number of anilines is 3. The molecular weight excluding hydrogens is 633 g/mol. The van der Waals surface area contributed by atoms with Gasteiger partial charge in [0, 0.05) is 34.5 Å². The number of fused-ring (bicyclic) bond motifs is 6. The summed E-state index contributed by atoms with van der Waals surface area (Å²) < 4.78 is 6.62. The van der Waals surface area contributed by atoms with Crippen molar-refractivity contribution in [1.29, 1.82) is 0 Å². The van der Waals surface area contributed by atoms with E-state index < -0.39 is 0 Å². The number of furan rings is 1. The molecule has 0 fully saturated rings. The summed E-state index contributed by atoms with van der Waals surface area (Å²) in [6.07, 6.45) is 3.72. The van der Waals surface area contributed by atoms with Gasteiger partial charge in [-0.15, -0.1) is 0 Å². The first-order valence-corrected chi connectivity index (χ1v) is 17.6. The zero-order valence-electron chi connectivity index (χ0n) is 28.3. The molecule has 0 atom stereocenters. The zero-order valence-corrected chi connectivity index (χ0v) is 28.3. The fourth-order valence-electron chi connectivity index (χ4n) is 7.62. The number of aromatic nitrogens is 1. The van der Waals surface area contributed by atoms with Crippen molar-refractivity contribution in [3.8, 4) is 33.4 Å². The predicted molar refractivity (Wildman–Crippen MR) is 218 cm³/mol. The van der Waals surface area contributed by atoms with E-state index in [1.807, 2.05) is 12.3 Å². The maximum absolute atomic E-state index is 6.62. The highest BCUT2D eigenvalue weighted by molar-refractivity contribution is 6.21. The maximum atomic E-state index is 6.62. The molecule has 0 N–H and O–H groups in total. The Labute approximate surface area is 301 Å². The molecule has 0 aliphatic rings. The Morgan fingerprint density at radius 1 is 0.423 bits per heavy atom. The smallest absolute Gasteiger partial charge is 0.145 e. The van der Waals surface area contributed by atoms with Gasteiger partial charge >= 0.3 is 0 Å². The molecule has 0 spiro atoms. The van der Waals surface area contributed by atoms with Crippen LogP contribution in [-0.2, 0) is 0 Å². The van der Waals surface area contributed by atoms with Gasteiger partial charge < -0.3 is 9.32 Å². The third kappa shape index (κ3) is 5.10. The molecule has 0 unspecified atom stereocenters. The van der Waals surface area contributed by atoms with E-state index in [1.54, 1.807) is 6.20 Å². The van der Waals surface area contributed by atoms with Crippen LogP contribution in [0.2, 0.25) is 0 Å². The van der Waals surface area contributed by atoms with Crippen molar-refractivity contribution in [2.75, 3.05) is 4.90 Å². The standard InChI is InChI=1S/C49H32N2O/c1-2-10-33(11-3-1)34-20-22-35(23-21-34)36-24-26-40(27-25-36)51(41-16-8-15-38(30-41)43-19-9-14-37-12-4-6-17-42(37)43)46-31-39-13-5-7-18-44(39)49-48(46)45-32-50-29-28-47(45)52-49/h1-32H. The highest BCUT2D eigenvalue weighted by atomic mass is 16.3. The average Bonchev–Trinajstić information content (AvgIpc) is 3.62. The van der Waals surface area contributed by atoms with Gasteiger partial charge in [-0.1, -0.05) is 146 Å². The Bertz CT molecular complexity index is 2880. The molecule has 52 heavy (non-hydrogen) atoms. The number of rotatable bonds is 6. The third-order valence-corrected chi connectivity index (χ3v) is 10.1. The summed E-state index contributed by atoms with van der Waals surface area (Å²) in [5.74, 6) is 0. The van der Waals surface area contributed by atoms with Crippen LogP contribution in [0.5, 0.6) is 0 Å². The Hall–Kier alpha value is -6.97. The van der Waals surface area contributed by atoms with Crippen LogP contribution in [0.1, 0.15) is 0 Å². The van der Waals surface area contributed by atoms with Gasteiger partial charge in [-0.2, -0.15) is 0 Å². The van der Waals surface area contributed by atoms with Gasteiger partial charge in [0.2, 0.25) is 0 Å². The van der Waals surface area contributed by atoms with E-state index in [4.69, 9.17) is 4.42 Å². The second-order valence-corrected chi connectivity index (χ2v) is 13.2. The van der Waals surface area contributed by atoms with Crippen molar-refractivity contribution in [2.24, 2.45) is 0 Å². The van der Waals surface area contributed by atoms with Crippen LogP contribution in [0, 0.1) is 0 Å². The van der Waals surface area contributed by atoms with E-state index in [0.717, 1.165) is 60.9 Å². The topological polar surface area (TPSA) is 29.3 Å². The summed E-state index contributed by atoms with van der Waals surface area (Å²) in [6, 6.07) is 65.0. The van der Waals surface area contributed by atoms with E-state index in [0.29, 0.717) is 0 Å². The highest BCUT2D eigenvalue weighted by Gasteiger charge is 2.22. The lowest BCUT2D eigenvalue weighted by atomic mass is 9.97. The fraction of sp³-hybridized carbons (Fsp3) is 0. The number of hydrogen-bond donors (Lipinski definition) is 0. The molecule has 3 heteroatoms. The Kier molecular flexibility index (Phi) is 7.14. The van der Waals surface area contributed by atoms with Gasteiger partial charge in [0.1, 0.15) is 11.2 Å². The van der Waals surface area contributed by atoms with Gasteiger partial charge in [-0.25, -0.2) is 0 Å². The van der Waals surface area contributed by atoms with E-state index in [-0.39, 0.29) is 0 Å². The van der Waals surface area contributed by atoms with Gasteiger partial charge in [0.05, 0.1) is 11.1 Å². The predicted octanol–water partition coefficient (Wildman–Crippen LogP) is 13.8. The Morgan fingerprint density at radius 2 is 1.04 bits per heavy atom. The molecule has 0 saturated carbocycles. The third-order valence-electron chi connectivity index (χ3n) is 10.1. The van der Waals surface area contributed by atoms with Crippen molar-refractivity contribution in [3.05, 3.63) is 194 Å². The van der Waals surface area contributed by atoms with Crippen molar-refractivity contribution in [1.82, 2.24) is 4.98 Å². The lowest BCUT2D eigenvalue weighted by Crippen LogP contribution is -2.10. The summed E-state index contributed by atoms with van der Waals surface area (Å²) in [7, 11) is 0. The minimum atomic E-state index is 0.821. The van der Waals surface area contributed by atoms with Crippen LogP contribution < -0.4 is 4.90 Å². The monoisotopic (exact) mass is 664 g/mol. The molecular formula is C49H32N2O. The minimum Gasteiger partial charge on any atom is -0.455 e. The molecule has 244 valence electrons. The number of hydrogen-bond acceptors (Lipinski definition) is 3. The molecule has 0 amide bonds. The van der Waals surface area contributed by atoms with E-state index in [2.05, 4.69) is 186 Å². The lowest BCUT2D eigenvalue weighted by Gasteiger charge is -2.27. The molecule has 0 aliphatic heterocycles. The SMILES string of the molecule is c1ccc(-c2ccc(-c3ccc(N(c4cccc(-c5cccc6ccccc56)c4)c4cc5ccccc5c5oc6ccncc6c45)cc3)cc2)cc1. The lowest BCUT2D eigenvalue weighted by molar-refractivity contribution is 0.672. The highest BCUT2D eigenvalue weighted by Crippen LogP contribution is 2.46. The molecule has 0 bridgehead atoms. The molecule has 3 nitrogen and oxygen atoms in total. The first-order chi connectivity index (χ1) is 25.8. The van der Waals surface area contributed by atoms with Crippen molar-refractivity contribution >= 4 is 60.5 Å². The van der Waals surface area contributed by atoms with Gasteiger partial charge in [-0.05, 0) is 85.9 Å². The van der Waals surface area contributed by atoms with Gasteiger partial charge in [0.25, 0.3) is 0 Å². The Morgan fingerprint density at radius 3 is 1.83 bits per heavy atom. The summed E-state index contributed by atoms with van der Waals surface area (Å²) in [4.78, 5) is 6.90. The molecule has 10 aromatic rings. The summed E-state index contributed by atoms with van der Waals surface area (Å²) in [6.45, 7) is 0. The van der Waals surface area contributed by atoms with Crippen LogP contribution in [0.15, 0.2) is 199 Å². The van der Waals surface area contributed by atoms with Crippen LogP contribution in [0.4, 0.5) is 17.1 Å². The van der Waals surface area contributed by atoms with Crippen LogP contribution >= 0.6 is 0 Å². The molecule has 0 saturated heterocycles. The van der Waals surface area contributed by atoms with Crippen LogP contribution in [0.3, 0.4) is 0 Å². The molecule has 10 rings (SSSR count). The molecule has 0 aliphatic carbocycles. The molecule has 0 radical (unpaired) electrons. The van der Waals surface area contributed by atoms with Crippen molar-refractivity contribution in [3.63, 3.8) is 0 Å². The number of nitrogens with zero attached hydrogens (tertiary/aromatic N) is 2. The maximum Gasteiger partial charge on any atom is 0.145 e. The fourth-order valence-corrected chi connectivity index (χ4v) is 7.62. The molecule has 8 aromatic carbocycles. The second-order valence-electron chi connectivity index (χ2n) is 13.2. The first kappa shape index (κ1) is 29.9. The van der Waals surface area contributed by atoms with Crippen LogP contribution in [0.25, 0.3) is 76.9 Å². The van der Waals surface area contributed by atoms with Gasteiger partial charge in [0.15, 0.2) is 0 Å². The zero-order chi connectivity index (χ0) is 34.4. The average molecular weight is 665 g/mol. The van der Waals surface area contributed by atoms with Crippen molar-refractivity contribution in [2.45, 2.75) is 0 Å². The van der Waals surface area contributed by atoms with Gasteiger partial charge in [-0.3, -0.25) is 4.98 Å². The summed E-state index contributed by atoms with van der Waals surface area (Å²) >= 11 is 0. The quantitative estimate of drug-likeness (QED) is 0.177. The molecule has 2 aromatic heterocycles. The molecule has 2 heterocycles. The largest absolute Gasteiger partial charge is 0.455 e. The Balaban J connectivity index is 1.16. The number of benzene rings is 8. The minimum absolute atomic E-state index is 0.821. The van der Waals surface area contributed by atoms with E-state index in [9.17, 15) is 0 Å². The summed E-state index contributed by atoms with van der Waals surface area (Å²) in [5, 5.41) is 6.68. The summed E-state index contributed by atoms with van der Waals surface area (Å²) in [5.41, 5.74) is 12.0. The number of pyridine rings is 1. The van der Waals surface area contributed by atoms with E-state index in [1.165, 1.54) is 33.0 Å².